The van der Waals surface area contributed by atoms with Crippen LogP contribution in [0.15, 0.2) is 16.5 Å². The predicted molar refractivity (Wildman–Crippen MR) is 51.3 cm³/mol. The molecule has 1 unspecified atom stereocenters. The van der Waals surface area contributed by atoms with Crippen LogP contribution in [0.5, 0.6) is 0 Å². The summed E-state index contributed by atoms with van der Waals surface area (Å²) >= 11 is 0. The van der Waals surface area contributed by atoms with Crippen molar-refractivity contribution in [3.05, 3.63) is 11.5 Å². The minimum absolute atomic E-state index is 0.197. The van der Waals surface area contributed by atoms with Crippen molar-refractivity contribution in [2.24, 2.45) is 4.99 Å². The van der Waals surface area contributed by atoms with Crippen molar-refractivity contribution in [2.75, 3.05) is 0 Å². The van der Waals surface area contributed by atoms with E-state index in [4.69, 9.17) is 0 Å². The van der Waals surface area contributed by atoms with Gasteiger partial charge in [0.15, 0.2) is 0 Å². The summed E-state index contributed by atoms with van der Waals surface area (Å²) in [5.41, 5.74) is 0.262. The van der Waals surface area contributed by atoms with Crippen molar-refractivity contribution >= 4 is 12.1 Å². The lowest BCUT2D eigenvalue weighted by Crippen LogP contribution is -2.31. The van der Waals surface area contributed by atoms with Crippen molar-refractivity contribution < 1.29 is 9.18 Å². The summed E-state index contributed by atoms with van der Waals surface area (Å²) in [6, 6.07) is -0.390. The number of amides is 1. The summed E-state index contributed by atoms with van der Waals surface area (Å²) in [6.45, 7) is 6.09. The van der Waals surface area contributed by atoms with Gasteiger partial charge in [-0.1, -0.05) is 0 Å². The van der Waals surface area contributed by atoms with E-state index in [9.17, 15) is 9.18 Å². The lowest BCUT2D eigenvalue weighted by Gasteiger charge is -2.12. The molecule has 0 bridgehead atoms. The highest BCUT2D eigenvalue weighted by Crippen LogP contribution is 2.11. The van der Waals surface area contributed by atoms with Crippen LogP contribution in [0.3, 0.4) is 0 Å². The highest BCUT2D eigenvalue weighted by Gasteiger charge is 2.11. The van der Waals surface area contributed by atoms with Gasteiger partial charge < -0.3 is 5.32 Å². The molecule has 0 heterocycles. The molecule has 0 fully saturated rings. The van der Waals surface area contributed by atoms with E-state index in [2.05, 4.69) is 10.3 Å². The molecule has 4 heteroatoms. The first kappa shape index (κ1) is 11.8. The monoisotopic (exact) mass is 186 g/mol. The normalized spacial score (nSPS) is 15.5. The molecule has 0 aliphatic heterocycles. The summed E-state index contributed by atoms with van der Waals surface area (Å²) in [5, 5.41) is 2.56. The Bertz CT molecular complexity index is 242. The number of halogens is 1. The Hall–Kier alpha value is -1.19. The third-order valence-corrected chi connectivity index (χ3v) is 1.45. The first-order valence-electron chi connectivity index (χ1n) is 4.11. The molecule has 0 aromatic carbocycles. The van der Waals surface area contributed by atoms with Gasteiger partial charge in [0.25, 0.3) is 0 Å². The lowest BCUT2D eigenvalue weighted by molar-refractivity contribution is -0.119. The van der Waals surface area contributed by atoms with E-state index >= 15 is 0 Å². The fourth-order valence-corrected chi connectivity index (χ4v) is 1.01. The highest BCUT2D eigenvalue weighted by molar-refractivity contribution is 5.73. The molecule has 1 atom stereocenters. The minimum Gasteiger partial charge on any atom is -0.348 e. The highest BCUT2D eigenvalue weighted by atomic mass is 19.1. The van der Waals surface area contributed by atoms with Gasteiger partial charge in [0.2, 0.25) is 5.91 Å². The Morgan fingerprint density at radius 3 is 2.38 bits per heavy atom. The van der Waals surface area contributed by atoms with Crippen LogP contribution < -0.4 is 5.32 Å². The minimum atomic E-state index is -0.390. The van der Waals surface area contributed by atoms with Gasteiger partial charge in [0.05, 0.1) is 11.7 Å². The maximum atomic E-state index is 12.9. The van der Waals surface area contributed by atoms with Crippen molar-refractivity contribution in [2.45, 2.75) is 33.7 Å². The van der Waals surface area contributed by atoms with Crippen LogP contribution in [0.1, 0.15) is 27.7 Å². The molecule has 0 aliphatic carbocycles. The molecule has 0 saturated carbocycles. The van der Waals surface area contributed by atoms with Crippen LogP contribution in [-0.4, -0.2) is 18.2 Å². The fourth-order valence-electron chi connectivity index (χ4n) is 1.01. The van der Waals surface area contributed by atoms with Crippen molar-refractivity contribution in [1.82, 2.24) is 5.32 Å². The van der Waals surface area contributed by atoms with Gasteiger partial charge in [-0.15, -0.1) is 0 Å². The second-order valence-electron chi connectivity index (χ2n) is 2.73. The van der Waals surface area contributed by atoms with E-state index in [1.165, 1.54) is 20.1 Å². The van der Waals surface area contributed by atoms with Crippen LogP contribution in [0, 0.1) is 0 Å². The van der Waals surface area contributed by atoms with Crippen molar-refractivity contribution in [1.29, 1.82) is 0 Å². The fraction of sp³-hybridized carbons (Fsp3) is 0.556. The average molecular weight is 186 g/mol. The van der Waals surface area contributed by atoms with E-state index in [0.29, 0.717) is 0 Å². The molecular weight excluding hydrogens is 171 g/mol. The Morgan fingerprint density at radius 2 is 2.08 bits per heavy atom. The molecule has 0 aliphatic rings. The lowest BCUT2D eigenvalue weighted by atomic mass is 10.2. The van der Waals surface area contributed by atoms with Gasteiger partial charge in [0, 0.05) is 13.1 Å². The third-order valence-electron chi connectivity index (χ3n) is 1.45. The van der Waals surface area contributed by atoms with Crippen LogP contribution in [-0.2, 0) is 4.79 Å². The standard InChI is InChI=1S/C9H15FN2O/c1-5-11-9(6(2)10)7(3)12-8(4)13/h5,7H,1-4H3,(H,12,13)/b9-6+,11-5?. The first-order valence-corrected chi connectivity index (χ1v) is 4.11. The number of carbonyl (C=O) groups excluding carboxylic acids is 1. The third kappa shape index (κ3) is 4.40. The molecule has 0 rings (SSSR count). The number of nitrogens with zero attached hydrogens (tertiary/aromatic N) is 1. The Balaban J connectivity index is 4.58. The summed E-state index contributed by atoms with van der Waals surface area (Å²) in [5.74, 6) is -0.572. The zero-order valence-electron chi connectivity index (χ0n) is 8.39. The molecule has 13 heavy (non-hydrogen) atoms. The van der Waals surface area contributed by atoms with Crippen LogP contribution in [0.2, 0.25) is 0 Å². The summed E-state index contributed by atoms with van der Waals surface area (Å²) in [6.07, 6.45) is 1.50. The summed E-state index contributed by atoms with van der Waals surface area (Å²) < 4.78 is 12.9. The van der Waals surface area contributed by atoms with Crippen LogP contribution in [0.4, 0.5) is 4.39 Å². The molecule has 0 aromatic heterocycles. The number of rotatable bonds is 3. The largest absolute Gasteiger partial charge is 0.348 e. The number of hydrogen-bond acceptors (Lipinski definition) is 2. The van der Waals surface area contributed by atoms with Crippen LogP contribution in [0.25, 0.3) is 0 Å². The summed E-state index contributed by atoms with van der Waals surface area (Å²) in [7, 11) is 0. The second kappa shape index (κ2) is 5.45. The Kier molecular flexibility index (Phi) is 4.96. The molecule has 1 N–H and O–H groups in total. The van der Waals surface area contributed by atoms with E-state index in [0.717, 1.165) is 0 Å². The van der Waals surface area contributed by atoms with Crippen LogP contribution >= 0.6 is 0 Å². The van der Waals surface area contributed by atoms with Crippen molar-refractivity contribution in [3.63, 3.8) is 0 Å². The smallest absolute Gasteiger partial charge is 0.217 e. The van der Waals surface area contributed by atoms with E-state index in [1.807, 2.05) is 0 Å². The molecule has 3 nitrogen and oxygen atoms in total. The van der Waals surface area contributed by atoms with Gasteiger partial charge in [-0.2, -0.15) is 0 Å². The molecule has 0 aromatic rings. The SMILES string of the molecule is CC=N/C(=C(\C)F)C(C)NC(C)=O. The number of carbonyl (C=O) groups is 1. The topological polar surface area (TPSA) is 41.5 Å². The number of nitrogens with one attached hydrogen (secondary N) is 1. The summed E-state index contributed by atoms with van der Waals surface area (Å²) in [4.78, 5) is 14.5. The molecule has 0 saturated heterocycles. The van der Waals surface area contributed by atoms with E-state index < -0.39 is 6.04 Å². The van der Waals surface area contributed by atoms with E-state index in [1.54, 1.807) is 13.8 Å². The average Bonchev–Trinajstić information content (AvgIpc) is 1.97. The maximum Gasteiger partial charge on any atom is 0.217 e. The zero-order valence-corrected chi connectivity index (χ0v) is 8.39. The molecule has 0 radical (unpaired) electrons. The van der Waals surface area contributed by atoms with E-state index in [-0.39, 0.29) is 17.4 Å². The molecule has 1 amide bonds. The number of aliphatic imine (C=N–C) groups is 1. The quantitative estimate of drug-likeness (QED) is 0.671. The number of hydrogen-bond donors (Lipinski definition) is 1. The van der Waals surface area contributed by atoms with Gasteiger partial charge in [-0.05, 0) is 20.8 Å². The van der Waals surface area contributed by atoms with Crippen molar-refractivity contribution in [3.8, 4) is 0 Å². The maximum absolute atomic E-state index is 12.9. The molecule has 74 valence electrons. The number of allylic oxidation sites excluding steroid dienone is 1. The second-order valence-corrected chi connectivity index (χ2v) is 2.73. The first-order chi connectivity index (χ1) is 5.99. The van der Waals surface area contributed by atoms with Gasteiger partial charge in [0.1, 0.15) is 5.83 Å². The van der Waals surface area contributed by atoms with Gasteiger partial charge in [-0.3, -0.25) is 9.79 Å². The Morgan fingerprint density at radius 1 is 1.54 bits per heavy atom. The molecule has 0 spiro atoms. The molecular formula is C9H15FN2O. The van der Waals surface area contributed by atoms with Gasteiger partial charge >= 0.3 is 0 Å². The zero-order chi connectivity index (χ0) is 10.4. The predicted octanol–water partition coefficient (Wildman–Crippen LogP) is 1.80. The Labute approximate surface area is 77.7 Å². The van der Waals surface area contributed by atoms with Gasteiger partial charge in [-0.25, -0.2) is 4.39 Å².